The first-order valence-electron chi connectivity index (χ1n) is 8.91. The standard InChI is InChI=1S/C21H20ClN3O3S/c1-14(2)24-17-8-10-18(11-9-17)29(27,28)25-21-19(12-16(22)13-23-21)20(26)15-6-4-3-5-7-15/h3-14,24H,1-2H3,(H,23,25). The van der Waals surface area contributed by atoms with Crippen LogP contribution in [-0.2, 0) is 10.0 Å². The molecule has 3 rings (SSSR count). The summed E-state index contributed by atoms with van der Waals surface area (Å²) in [5.74, 6) is -0.456. The van der Waals surface area contributed by atoms with Gasteiger partial charge in [-0.25, -0.2) is 13.4 Å². The van der Waals surface area contributed by atoms with Gasteiger partial charge in [-0.2, -0.15) is 0 Å². The maximum absolute atomic E-state index is 12.8. The van der Waals surface area contributed by atoms with Crippen LogP contribution in [0.15, 0.2) is 71.8 Å². The number of carbonyl (C=O) groups excluding carboxylic acids is 1. The first kappa shape index (κ1) is 20.8. The van der Waals surface area contributed by atoms with Crippen LogP contribution in [0, 0.1) is 0 Å². The third-order valence-electron chi connectivity index (χ3n) is 3.99. The second-order valence-corrected chi connectivity index (χ2v) is 8.79. The minimum Gasteiger partial charge on any atom is -0.383 e. The highest BCUT2D eigenvalue weighted by atomic mass is 35.5. The van der Waals surface area contributed by atoms with Gasteiger partial charge in [-0.05, 0) is 44.2 Å². The van der Waals surface area contributed by atoms with Crippen LogP contribution in [0.4, 0.5) is 11.5 Å². The van der Waals surface area contributed by atoms with Gasteiger partial charge in [0.05, 0.1) is 15.5 Å². The SMILES string of the molecule is CC(C)Nc1ccc(S(=O)(=O)Nc2ncc(Cl)cc2C(=O)c2ccccc2)cc1. The van der Waals surface area contributed by atoms with Crippen LogP contribution in [0.5, 0.6) is 0 Å². The number of hydrogen-bond donors (Lipinski definition) is 2. The van der Waals surface area contributed by atoms with E-state index >= 15 is 0 Å². The fourth-order valence-corrected chi connectivity index (χ4v) is 3.88. The molecule has 1 heterocycles. The molecule has 29 heavy (non-hydrogen) atoms. The smallest absolute Gasteiger partial charge is 0.263 e. The van der Waals surface area contributed by atoms with Gasteiger partial charge >= 0.3 is 0 Å². The highest BCUT2D eigenvalue weighted by molar-refractivity contribution is 7.92. The number of aromatic nitrogens is 1. The molecule has 0 unspecified atom stereocenters. The Morgan fingerprint density at radius 1 is 1.03 bits per heavy atom. The van der Waals surface area contributed by atoms with Gasteiger partial charge in [0.15, 0.2) is 11.6 Å². The molecule has 1 aromatic heterocycles. The lowest BCUT2D eigenvalue weighted by molar-refractivity contribution is 0.103. The van der Waals surface area contributed by atoms with Crippen molar-refractivity contribution in [2.45, 2.75) is 24.8 Å². The number of rotatable bonds is 7. The van der Waals surface area contributed by atoms with E-state index in [1.165, 1.54) is 24.4 Å². The molecule has 0 saturated heterocycles. The third kappa shape index (κ3) is 5.13. The van der Waals surface area contributed by atoms with E-state index in [1.807, 2.05) is 13.8 Å². The highest BCUT2D eigenvalue weighted by Gasteiger charge is 2.21. The monoisotopic (exact) mass is 429 g/mol. The fraction of sp³-hybridized carbons (Fsp3) is 0.143. The van der Waals surface area contributed by atoms with Crippen molar-refractivity contribution in [1.29, 1.82) is 0 Å². The van der Waals surface area contributed by atoms with Gasteiger partial charge in [0, 0.05) is 23.5 Å². The third-order valence-corrected chi connectivity index (χ3v) is 5.55. The quantitative estimate of drug-likeness (QED) is 0.536. The molecule has 0 radical (unpaired) electrons. The van der Waals surface area contributed by atoms with E-state index in [9.17, 15) is 13.2 Å². The van der Waals surface area contributed by atoms with Gasteiger partial charge in [0.25, 0.3) is 10.0 Å². The molecule has 0 aliphatic carbocycles. The molecule has 2 aromatic carbocycles. The number of ketones is 1. The van der Waals surface area contributed by atoms with Crippen molar-refractivity contribution in [1.82, 2.24) is 4.98 Å². The van der Waals surface area contributed by atoms with Gasteiger partial charge < -0.3 is 5.32 Å². The van der Waals surface area contributed by atoms with E-state index in [-0.39, 0.29) is 33.1 Å². The molecule has 0 saturated carbocycles. The van der Waals surface area contributed by atoms with Crippen molar-refractivity contribution < 1.29 is 13.2 Å². The topological polar surface area (TPSA) is 88.2 Å². The van der Waals surface area contributed by atoms with Crippen LogP contribution >= 0.6 is 11.6 Å². The fourth-order valence-electron chi connectivity index (χ4n) is 2.69. The Labute approximate surface area is 175 Å². The normalized spacial score (nSPS) is 11.3. The highest BCUT2D eigenvalue weighted by Crippen LogP contribution is 2.24. The Bertz CT molecular complexity index is 1120. The number of nitrogens with zero attached hydrogens (tertiary/aromatic N) is 1. The maximum Gasteiger partial charge on any atom is 0.263 e. The second-order valence-electron chi connectivity index (χ2n) is 6.67. The lowest BCUT2D eigenvalue weighted by Crippen LogP contribution is -2.17. The predicted octanol–water partition coefficient (Wildman–Crippen LogP) is 4.59. The summed E-state index contributed by atoms with van der Waals surface area (Å²) >= 11 is 6.00. The van der Waals surface area contributed by atoms with Crippen molar-refractivity contribution in [3.8, 4) is 0 Å². The van der Waals surface area contributed by atoms with E-state index in [4.69, 9.17) is 11.6 Å². The first-order valence-corrected chi connectivity index (χ1v) is 10.8. The van der Waals surface area contributed by atoms with E-state index in [1.54, 1.807) is 42.5 Å². The number of halogens is 1. The van der Waals surface area contributed by atoms with Crippen LogP contribution in [-0.4, -0.2) is 25.2 Å². The Hall–Kier alpha value is -2.90. The Kier molecular flexibility index (Phi) is 6.20. The van der Waals surface area contributed by atoms with E-state index in [0.717, 1.165) is 5.69 Å². The van der Waals surface area contributed by atoms with Crippen LogP contribution < -0.4 is 10.0 Å². The maximum atomic E-state index is 12.8. The van der Waals surface area contributed by atoms with Gasteiger partial charge in [-0.1, -0.05) is 41.9 Å². The summed E-state index contributed by atoms with van der Waals surface area (Å²) in [6, 6.07) is 16.5. The minimum absolute atomic E-state index is 0.0571. The molecule has 0 spiro atoms. The van der Waals surface area contributed by atoms with E-state index < -0.39 is 10.0 Å². The molecule has 0 fully saturated rings. The molecule has 0 bridgehead atoms. The average molecular weight is 430 g/mol. The first-order chi connectivity index (χ1) is 13.8. The largest absolute Gasteiger partial charge is 0.383 e. The number of benzene rings is 2. The van der Waals surface area contributed by atoms with Crippen molar-refractivity contribution >= 4 is 38.9 Å². The summed E-state index contributed by atoms with van der Waals surface area (Å²) in [5, 5.41) is 3.43. The molecule has 6 nitrogen and oxygen atoms in total. The molecular formula is C21H20ClN3O3S. The van der Waals surface area contributed by atoms with Gasteiger partial charge in [-0.3, -0.25) is 9.52 Å². The average Bonchev–Trinajstić information content (AvgIpc) is 2.69. The number of nitrogens with one attached hydrogen (secondary N) is 2. The molecule has 0 amide bonds. The van der Waals surface area contributed by atoms with Crippen LogP contribution in [0.2, 0.25) is 5.02 Å². The molecule has 8 heteroatoms. The lowest BCUT2D eigenvalue weighted by atomic mass is 10.0. The van der Waals surface area contributed by atoms with Crippen molar-refractivity contribution in [3.05, 3.63) is 83.0 Å². The summed E-state index contributed by atoms with van der Waals surface area (Å²) in [6.45, 7) is 3.98. The number of hydrogen-bond acceptors (Lipinski definition) is 5. The number of sulfonamides is 1. The van der Waals surface area contributed by atoms with Crippen LogP contribution in [0.3, 0.4) is 0 Å². The molecule has 0 aliphatic rings. The lowest BCUT2D eigenvalue weighted by Gasteiger charge is -2.13. The van der Waals surface area contributed by atoms with Crippen molar-refractivity contribution in [2.24, 2.45) is 0 Å². The van der Waals surface area contributed by atoms with E-state index in [2.05, 4.69) is 15.0 Å². The Morgan fingerprint density at radius 2 is 1.69 bits per heavy atom. The molecular weight excluding hydrogens is 410 g/mol. The van der Waals surface area contributed by atoms with E-state index in [0.29, 0.717) is 5.56 Å². The summed E-state index contributed by atoms with van der Waals surface area (Å²) in [7, 11) is -3.95. The zero-order valence-electron chi connectivity index (χ0n) is 15.9. The molecule has 150 valence electrons. The molecule has 0 atom stereocenters. The number of carbonyl (C=O) groups is 1. The summed E-state index contributed by atoms with van der Waals surface area (Å²) < 4.78 is 28.0. The summed E-state index contributed by atoms with van der Waals surface area (Å²) in [6.07, 6.45) is 1.29. The van der Waals surface area contributed by atoms with Crippen LogP contribution in [0.25, 0.3) is 0 Å². The molecule has 3 aromatic rings. The molecule has 0 aliphatic heterocycles. The number of pyridine rings is 1. The van der Waals surface area contributed by atoms with Gasteiger partial charge in [-0.15, -0.1) is 0 Å². The van der Waals surface area contributed by atoms with Crippen molar-refractivity contribution in [3.63, 3.8) is 0 Å². The molecule has 2 N–H and O–H groups in total. The Balaban J connectivity index is 1.92. The minimum atomic E-state index is -3.95. The summed E-state index contributed by atoms with van der Waals surface area (Å²) in [5.41, 5.74) is 1.29. The van der Waals surface area contributed by atoms with Gasteiger partial charge in [0.2, 0.25) is 0 Å². The van der Waals surface area contributed by atoms with Gasteiger partial charge in [0.1, 0.15) is 0 Å². The van der Waals surface area contributed by atoms with Crippen molar-refractivity contribution in [2.75, 3.05) is 10.0 Å². The summed E-state index contributed by atoms with van der Waals surface area (Å²) in [4.78, 5) is 16.9. The number of anilines is 2. The zero-order chi connectivity index (χ0) is 21.0. The predicted molar refractivity (Wildman–Crippen MR) is 115 cm³/mol. The Morgan fingerprint density at radius 3 is 2.31 bits per heavy atom. The van der Waals surface area contributed by atoms with Crippen LogP contribution in [0.1, 0.15) is 29.8 Å². The second kappa shape index (κ2) is 8.63. The zero-order valence-corrected chi connectivity index (χ0v) is 17.5.